The number of amidine groups is 1. The van der Waals surface area contributed by atoms with Crippen LogP contribution in [0.25, 0.3) is 6.08 Å². The van der Waals surface area contributed by atoms with E-state index >= 15 is 0 Å². The molecule has 2 aromatic rings. The second-order valence-corrected chi connectivity index (χ2v) is 6.58. The van der Waals surface area contributed by atoms with Crippen molar-refractivity contribution >= 4 is 34.6 Å². The summed E-state index contributed by atoms with van der Waals surface area (Å²) in [5, 5.41) is 0.736. The summed E-state index contributed by atoms with van der Waals surface area (Å²) in [4.78, 5) is 23.9. The van der Waals surface area contributed by atoms with Crippen LogP contribution in [0.4, 0.5) is 5.69 Å². The molecule has 0 atom stereocenters. The number of likely N-dealkylation sites (N-methyl/N-ethyl adjacent to an activating group) is 1. The Morgan fingerprint density at radius 2 is 1.83 bits per heavy atom. The van der Waals surface area contributed by atoms with Crippen molar-refractivity contribution in [1.29, 1.82) is 0 Å². The first-order valence-corrected chi connectivity index (χ1v) is 8.68. The molecule has 5 heteroatoms. The highest BCUT2D eigenvalue weighted by atomic mass is 32.2. The summed E-state index contributed by atoms with van der Waals surface area (Å²) >= 11 is 1.43. The van der Waals surface area contributed by atoms with Crippen molar-refractivity contribution in [2.24, 2.45) is 4.99 Å². The Morgan fingerprint density at radius 1 is 1.17 bits per heavy atom. The van der Waals surface area contributed by atoms with Gasteiger partial charge in [-0.2, -0.15) is 0 Å². The van der Waals surface area contributed by atoms with Gasteiger partial charge in [-0.15, -0.1) is 0 Å². The average Bonchev–Trinajstić information content (AvgIpc) is 2.87. The van der Waals surface area contributed by atoms with Crippen LogP contribution in [0.2, 0.25) is 0 Å². The molecule has 0 saturated carbocycles. The van der Waals surface area contributed by atoms with Crippen LogP contribution < -0.4 is 0 Å². The Labute approximate surface area is 146 Å². The summed E-state index contributed by atoms with van der Waals surface area (Å²) in [6.07, 6.45) is 5.34. The Bertz CT molecular complexity index is 808. The molecule has 2 heterocycles. The molecule has 24 heavy (non-hydrogen) atoms. The van der Waals surface area contributed by atoms with Crippen LogP contribution in [-0.2, 0) is 4.79 Å². The highest BCUT2D eigenvalue weighted by Crippen LogP contribution is 2.35. The lowest BCUT2D eigenvalue weighted by molar-refractivity contribution is -0.122. The third kappa shape index (κ3) is 3.26. The predicted octanol–water partition coefficient (Wildman–Crippen LogP) is 4.32. The van der Waals surface area contributed by atoms with Gasteiger partial charge in [-0.1, -0.05) is 18.2 Å². The summed E-state index contributed by atoms with van der Waals surface area (Å²) < 4.78 is 0. The fraction of sp³-hybridized carbons (Fsp3) is 0.211. The molecule has 1 fully saturated rings. The van der Waals surface area contributed by atoms with E-state index < -0.39 is 0 Å². The number of pyridine rings is 1. The Morgan fingerprint density at radius 3 is 2.46 bits per heavy atom. The minimum atomic E-state index is 0.00398. The number of nitrogens with zero attached hydrogens (tertiary/aromatic N) is 3. The van der Waals surface area contributed by atoms with E-state index in [0.717, 1.165) is 27.5 Å². The van der Waals surface area contributed by atoms with Gasteiger partial charge in [0, 0.05) is 18.9 Å². The monoisotopic (exact) mass is 337 g/mol. The molecule has 122 valence electrons. The van der Waals surface area contributed by atoms with Gasteiger partial charge in [-0.05, 0) is 67.4 Å². The number of carbonyl (C=O) groups excluding carboxylic acids is 1. The smallest absolute Gasteiger partial charge is 0.266 e. The molecule has 0 spiro atoms. The molecule has 0 unspecified atom stereocenters. The van der Waals surface area contributed by atoms with Crippen molar-refractivity contribution < 1.29 is 4.79 Å². The fourth-order valence-corrected chi connectivity index (χ4v) is 3.61. The van der Waals surface area contributed by atoms with E-state index in [1.807, 2.05) is 57.2 Å². The predicted molar refractivity (Wildman–Crippen MR) is 100 cm³/mol. The number of benzene rings is 1. The zero-order chi connectivity index (χ0) is 17.1. The lowest BCUT2D eigenvalue weighted by Crippen LogP contribution is -2.28. The quantitative estimate of drug-likeness (QED) is 0.784. The summed E-state index contributed by atoms with van der Waals surface area (Å²) in [5.41, 5.74) is 4.12. The maximum atomic E-state index is 12.7. The second kappa shape index (κ2) is 7.01. The zero-order valence-corrected chi connectivity index (χ0v) is 14.8. The Hall–Kier alpha value is -2.40. The first-order chi connectivity index (χ1) is 11.6. The van der Waals surface area contributed by atoms with E-state index in [1.165, 1.54) is 11.8 Å². The molecule has 1 aliphatic rings. The molecule has 1 aliphatic heterocycles. The number of amides is 1. The highest BCUT2D eigenvalue weighted by molar-refractivity contribution is 8.18. The summed E-state index contributed by atoms with van der Waals surface area (Å²) in [6, 6.07) is 9.87. The van der Waals surface area contributed by atoms with Crippen molar-refractivity contribution in [3.05, 3.63) is 64.3 Å². The molecule has 1 saturated heterocycles. The number of thioether (sulfide) groups is 1. The topological polar surface area (TPSA) is 45.6 Å². The summed E-state index contributed by atoms with van der Waals surface area (Å²) in [6.45, 7) is 6.65. The largest absolute Gasteiger partial charge is 0.287 e. The van der Waals surface area contributed by atoms with E-state index in [-0.39, 0.29) is 5.91 Å². The maximum Gasteiger partial charge on any atom is 0.266 e. The second-order valence-electron chi connectivity index (χ2n) is 5.58. The lowest BCUT2D eigenvalue weighted by atomic mass is 10.1. The molecule has 0 radical (unpaired) electrons. The van der Waals surface area contributed by atoms with Crippen molar-refractivity contribution in [2.75, 3.05) is 6.54 Å². The molecule has 0 bridgehead atoms. The van der Waals surface area contributed by atoms with Gasteiger partial charge in [0.25, 0.3) is 5.91 Å². The van der Waals surface area contributed by atoms with Crippen LogP contribution in [0.3, 0.4) is 0 Å². The maximum absolute atomic E-state index is 12.7. The molecule has 1 aromatic carbocycles. The first kappa shape index (κ1) is 16.5. The van der Waals surface area contributed by atoms with Gasteiger partial charge in [0.15, 0.2) is 5.17 Å². The van der Waals surface area contributed by atoms with E-state index in [0.29, 0.717) is 11.4 Å². The zero-order valence-electron chi connectivity index (χ0n) is 14.0. The van der Waals surface area contributed by atoms with Crippen molar-refractivity contribution in [1.82, 2.24) is 9.88 Å². The van der Waals surface area contributed by atoms with Crippen LogP contribution >= 0.6 is 11.8 Å². The number of para-hydroxylation sites is 1. The number of aromatic nitrogens is 1. The first-order valence-electron chi connectivity index (χ1n) is 7.86. The van der Waals surface area contributed by atoms with Crippen molar-refractivity contribution in [3.8, 4) is 0 Å². The van der Waals surface area contributed by atoms with Crippen LogP contribution in [-0.4, -0.2) is 27.5 Å². The van der Waals surface area contributed by atoms with E-state index in [1.54, 1.807) is 17.3 Å². The Kier molecular flexibility index (Phi) is 4.81. The van der Waals surface area contributed by atoms with Gasteiger partial charge in [0.1, 0.15) is 0 Å². The number of aryl methyl sites for hydroxylation is 2. The van der Waals surface area contributed by atoms with Gasteiger partial charge < -0.3 is 0 Å². The average molecular weight is 337 g/mol. The number of hydrogen-bond donors (Lipinski definition) is 0. The molecular weight excluding hydrogens is 318 g/mol. The fourth-order valence-electron chi connectivity index (χ4n) is 2.56. The van der Waals surface area contributed by atoms with Crippen LogP contribution in [0.1, 0.15) is 23.6 Å². The number of aliphatic imine (C=N–C) groups is 1. The summed E-state index contributed by atoms with van der Waals surface area (Å²) in [7, 11) is 0. The van der Waals surface area contributed by atoms with E-state index in [4.69, 9.17) is 4.99 Å². The van der Waals surface area contributed by atoms with E-state index in [2.05, 4.69) is 4.98 Å². The van der Waals surface area contributed by atoms with Gasteiger partial charge >= 0.3 is 0 Å². The van der Waals surface area contributed by atoms with Crippen molar-refractivity contribution in [2.45, 2.75) is 20.8 Å². The third-order valence-corrected chi connectivity index (χ3v) is 4.86. The van der Waals surface area contributed by atoms with Crippen LogP contribution in [0.15, 0.2) is 52.6 Å². The standard InChI is InChI=1S/C19H19N3OS/c1-4-22-18(23)16(12-15-8-10-20-11-9-15)24-19(22)21-17-13(2)6-5-7-14(17)3/h5-12H,4H2,1-3H3/b16-12+,21-19?. The van der Waals surface area contributed by atoms with Crippen LogP contribution in [0.5, 0.6) is 0 Å². The number of rotatable bonds is 3. The molecule has 0 N–H and O–H groups in total. The van der Waals surface area contributed by atoms with Gasteiger partial charge in [-0.3, -0.25) is 14.7 Å². The molecule has 1 aromatic heterocycles. The number of carbonyl (C=O) groups is 1. The molecule has 0 aliphatic carbocycles. The number of hydrogen-bond acceptors (Lipinski definition) is 4. The molecule has 1 amide bonds. The minimum Gasteiger partial charge on any atom is -0.287 e. The normalized spacial score (nSPS) is 18.0. The minimum absolute atomic E-state index is 0.00398. The molecule has 3 rings (SSSR count). The third-order valence-electron chi connectivity index (χ3n) is 3.86. The highest BCUT2D eigenvalue weighted by Gasteiger charge is 2.32. The SMILES string of the molecule is CCN1C(=O)/C(=C\c2ccncc2)SC1=Nc1c(C)cccc1C. The molecule has 4 nitrogen and oxygen atoms in total. The lowest BCUT2D eigenvalue weighted by Gasteiger charge is -2.13. The Balaban J connectivity index is 1.99. The van der Waals surface area contributed by atoms with Gasteiger partial charge in [0.2, 0.25) is 0 Å². The summed E-state index contributed by atoms with van der Waals surface area (Å²) in [5.74, 6) is 0.00398. The van der Waals surface area contributed by atoms with Gasteiger partial charge in [0.05, 0.1) is 10.6 Å². The van der Waals surface area contributed by atoms with E-state index in [9.17, 15) is 4.79 Å². The molecular formula is C19H19N3OS. The van der Waals surface area contributed by atoms with Crippen molar-refractivity contribution in [3.63, 3.8) is 0 Å². The van der Waals surface area contributed by atoms with Crippen LogP contribution in [0, 0.1) is 13.8 Å². The van der Waals surface area contributed by atoms with Gasteiger partial charge in [-0.25, -0.2) is 4.99 Å².